The molecule has 0 aromatic carbocycles. The van der Waals surface area contributed by atoms with Gasteiger partial charge in [-0.05, 0) is 31.7 Å². The van der Waals surface area contributed by atoms with Crippen LogP contribution in [0.25, 0.3) is 0 Å². The van der Waals surface area contributed by atoms with E-state index < -0.39 is 0 Å². The van der Waals surface area contributed by atoms with Crippen molar-refractivity contribution >= 4 is 0 Å². The first kappa shape index (κ1) is 14.3. The second kappa shape index (κ2) is 6.90. The van der Waals surface area contributed by atoms with Gasteiger partial charge in [0.2, 0.25) is 5.88 Å². The lowest BCUT2D eigenvalue weighted by atomic mass is 10.1. The van der Waals surface area contributed by atoms with Crippen LogP contribution in [0.3, 0.4) is 0 Å². The van der Waals surface area contributed by atoms with E-state index in [2.05, 4.69) is 29.8 Å². The zero-order valence-corrected chi connectivity index (χ0v) is 12.4. The summed E-state index contributed by atoms with van der Waals surface area (Å²) < 4.78 is 5.12. The van der Waals surface area contributed by atoms with E-state index >= 15 is 0 Å². The molecule has 1 aliphatic carbocycles. The molecule has 3 nitrogen and oxygen atoms in total. The van der Waals surface area contributed by atoms with Gasteiger partial charge in [0.25, 0.3) is 0 Å². The topological polar surface area (TPSA) is 25.4 Å². The first-order valence-electron chi connectivity index (χ1n) is 7.49. The normalized spacial score (nSPS) is 17.9. The molecule has 0 amide bonds. The van der Waals surface area contributed by atoms with Crippen LogP contribution in [0.15, 0.2) is 18.3 Å². The zero-order valence-electron chi connectivity index (χ0n) is 12.4. The second-order valence-corrected chi connectivity index (χ2v) is 5.58. The molecule has 1 aromatic heterocycles. The number of nitrogens with zero attached hydrogens (tertiary/aromatic N) is 2. The lowest BCUT2D eigenvalue weighted by molar-refractivity contribution is 0.132. The summed E-state index contributed by atoms with van der Waals surface area (Å²) in [5.41, 5.74) is 1.29. The smallest absolute Gasteiger partial charge is 0.212 e. The van der Waals surface area contributed by atoms with Crippen LogP contribution in [-0.4, -0.2) is 29.1 Å². The van der Waals surface area contributed by atoms with E-state index in [4.69, 9.17) is 4.74 Å². The Morgan fingerprint density at radius 2 is 2.11 bits per heavy atom. The third-order valence-corrected chi connectivity index (χ3v) is 4.32. The van der Waals surface area contributed by atoms with Gasteiger partial charge in [-0.3, -0.25) is 4.90 Å². The number of rotatable bonds is 6. The minimum Gasteiger partial charge on any atom is -0.481 e. The van der Waals surface area contributed by atoms with Crippen LogP contribution in [0.4, 0.5) is 0 Å². The fraction of sp³-hybridized carbons (Fsp3) is 0.688. The van der Waals surface area contributed by atoms with E-state index in [0.717, 1.165) is 12.6 Å². The fourth-order valence-corrected chi connectivity index (χ4v) is 2.95. The van der Waals surface area contributed by atoms with Crippen molar-refractivity contribution < 1.29 is 4.74 Å². The summed E-state index contributed by atoms with van der Waals surface area (Å²) in [6.45, 7) is 5.63. The molecule has 0 spiro atoms. The van der Waals surface area contributed by atoms with Gasteiger partial charge in [-0.2, -0.15) is 0 Å². The second-order valence-electron chi connectivity index (χ2n) is 5.58. The summed E-state index contributed by atoms with van der Waals surface area (Å²) >= 11 is 0. The zero-order chi connectivity index (χ0) is 13.7. The maximum atomic E-state index is 5.12. The summed E-state index contributed by atoms with van der Waals surface area (Å²) in [4.78, 5) is 6.98. The SMILES string of the molecule is CCC(C)N(Cc1ccc(OC)nc1)C1CCCC1. The minimum atomic E-state index is 0.644. The molecule has 1 aromatic rings. The summed E-state index contributed by atoms with van der Waals surface area (Å²) in [6, 6.07) is 5.50. The van der Waals surface area contributed by atoms with Gasteiger partial charge in [-0.25, -0.2) is 4.98 Å². The van der Waals surface area contributed by atoms with Crippen LogP contribution < -0.4 is 4.74 Å². The molecular formula is C16H26N2O. The van der Waals surface area contributed by atoms with Crippen LogP contribution >= 0.6 is 0 Å². The number of hydrogen-bond acceptors (Lipinski definition) is 3. The first-order chi connectivity index (χ1) is 9.24. The van der Waals surface area contributed by atoms with Crippen molar-refractivity contribution in [3.05, 3.63) is 23.9 Å². The Balaban J connectivity index is 2.05. The van der Waals surface area contributed by atoms with Gasteiger partial charge in [0.05, 0.1) is 7.11 Å². The molecule has 1 saturated carbocycles. The molecule has 2 rings (SSSR count). The Bertz CT molecular complexity index is 371. The fourth-order valence-electron chi connectivity index (χ4n) is 2.95. The predicted molar refractivity (Wildman–Crippen MR) is 78.3 cm³/mol. The molecule has 106 valence electrons. The molecule has 0 radical (unpaired) electrons. The number of hydrogen-bond donors (Lipinski definition) is 0. The molecule has 0 saturated heterocycles. The molecule has 3 heteroatoms. The average molecular weight is 262 g/mol. The van der Waals surface area contributed by atoms with Crippen molar-refractivity contribution in [3.63, 3.8) is 0 Å². The molecule has 0 aliphatic heterocycles. The van der Waals surface area contributed by atoms with Crippen LogP contribution in [0, 0.1) is 0 Å². The highest BCUT2D eigenvalue weighted by atomic mass is 16.5. The maximum Gasteiger partial charge on any atom is 0.212 e. The van der Waals surface area contributed by atoms with E-state index in [9.17, 15) is 0 Å². The Labute approximate surface area is 117 Å². The number of methoxy groups -OCH3 is 1. The highest BCUT2D eigenvalue weighted by Gasteiger charge is 2.25. The van der Waals surface area contributed by atoms with Crippen molar-refractivity contribution in [2.45, 2.75) is 64.6 Å². The predicted octanol–water partition coefficient (Wildman–Crippen LogP) is 3.63. The van der Waals surface area contributed by atoms with Crippen molar-refractivity contribution in [1.29, 1.82) is 0 Å². The lowest BCUT2D eigenvalue weighted by Gasteiger charge is -2.34. The third kappa shape index (κ3) is 3.69. The lowest BCUT2D eigenvalue weighted by Crippen LogP contribution is -2.39. The maximum absolute atomic E-state index is 5.12. The monoisotopic (exact) mass is 262 g/mol. The summed E-state index contributed by atoms with van der Waals surface area (Å²) in [5, 5.41) is 0. The molecule has 1 unspecified atom stereocenters. The van der Waals surface area contributed by atoms with Gasteiger partial charge in [0.15, 0.2) is 0 Å². The minimum absolute atomic E-state index is 0.644. The number of aromatic nitrogens is 1. The van der Waals surface area contributed by atoms with Gasteiger partial charge < -0.3 is 4.74 Å². The molecule has 1 aliphatic rings. The Kier molecular flexibility index (Phi) is 5.20. The van der Waals surface area contributed by atoms with Crippen molar-refractivity contribution in [2.24, 2.45) is 0 Å². The van der Waals surface area contributed by atoms with Crippen LogP contribution in [0.2, 0.25) is 0 Å². The summed E-state index contributed by atoms with van der Waals surface area (Å²) in [6.07, 6.45) is 8.64. The highest BCUT2D eigenvalue weighted by molar-refractivity contribution is 5.17. The van der Waals surface area contributed by atoms with E-state index in [0.29, 0.717) is 11.9 Å². The highest BCUT2D eigenvalue weighted by Crippen LogP contribution is 2.27. The first-order valence-corrected chi connectivity index (χ1v) is 7.49. The molecule has 0 bridgehead atoms. The summed E-state index contributed by atoms with van der Waals surface area (Å²) in [5.74, 6) is 0.694. The quantitative estimate of drug-likeness (QED) is 0.782. The molecule has 1 heterocycles. The third-order valence-electron chi connectivity index (χ3n) is 4.32. The van der Waals surface area contributed by atoms with Crippen LogP contribution in [-0.2, 0) is 6.54 Å². The van der Waals surface area contributed by atoms with Gasteiger partial charge in [0, 0.05) is 30.9 Å². The van der Waals surface area contributed by atoms with Gasteiger partial charge in [-0.1, -0.05) is 25.8 Å². The molecule has 1 atom stereocenters. The van der Waals surface area contributed by atoms with Crippen LogP contribution in [0.1, 0.15) is 51.5 Å². The van der Waals surface area contributed by atoms with E-state index in [1.807, 2.05) is 12.3 Å². The molecular weight excluding hydrogens is 236 g/mol. The van der Waals surface area contributed by atoms with Crippen molar-refractivity contribution in [3.8, 4) is 5.88 Å². The van der Waals surface area contributed by atoms with E-state index in [1.54, 1.807) is 7.11 Å². The van der Waals surface area contributed by atoms with Crippen molar-refractivity contribution in [1.82, 2.24) is 9.88 Å². The summed E-state index contributed by atoms with van der Waals surface area (Å²) in [7, 11) is 1.66. The standard InChI is InChI=1S/C16H26N2O/c1-4-13(2)18(15-7-5-6-8-15)12-14-9-10-16(19-3)17-11-14/h9-11,13,15H,4-8,12H2,1-3H3. The average Bonchev–Trinajstić information content (AvgIpc) is 2.98. The van der Waals surface area contributed by atoms with E-state index in [1.165, 1.54) is 37.7 Å². The number of ether oxygens (including phenoxy) is 1. The van der Waals surface area contributed by atoms with Crippen molar-refractivity contribution in [2.75, 3.05) is 7.11 Å². The molecule has 1 fully saturated rings. The van der Waals surface area contributed by atoms with Gasteiger partial charge in [-0.15, -0.1) is 0 Å². The van der Waals surface area contributed by atoms with Gasteiger partial charge in [0.1, 0.15) is 0 Å². The van der Waals surface area contributed by atoms with Crippen LogP contribution in [0.5, 0.6) is 5.88 Å². The number of pyridine rings is 1. The largest absolute Gasteiger partial charge is 0.481 e. The Morgan fingerprint density at radius 3 is 2.63 bits per heavy atom. The molecule has 0 N–H and O–H groups in total. The molecule has 19 heavy (non-hydrogen) atoms. The van der Waals surface area contributed by atoms with Gasteiger partial charge >= 0.3 is 0 Å². The van der Waals surface area contributed by atoms with E-state index in [-0.39, 0.29) is 0 Å². The Hall–Kier alpha value is -1.09. The Morgan fingerprint density at radius 1 is 1.37 bits per heavy atom.